The Morgan fingerprint density at radius 3 is 2.88 bits per heavy atom. The van der Waals surface area contributed by atoms with E-state index in [1.165, 1.54) is 16.9 Å². The van der Waals surface area contributed by atoms with E-state index in [2.05, 4.69) is 55.9 Å². The Hall–Kier alpha value is -1.13. The van der Waals surface area contributed by atoms with E-state index >= 15 is 0 Å². The largest absolute Gasteiger partial charge is 0.315 e. The molecule has 17 heavy (non-hydrogen) atoms. The van der Waals surface area contributed by atoms with Crippen molar-refractivity contribution in [2.45, 2.75) is 12.8 Å². The van der Waals surface area contributed by atoms with Gasteiger partial charge in [-0.05, 0) is 30.7 Å². The lowest BCUT2D eigenvalue weighted by atomic mass is 9.99. The van der Waals surface area contributed by atoms with E-state index in [4.69, 9.17) is 0 Å². The summed E-state index contributed by atoms with van der Waals surface area (Å²) < 4.78 is 3.33. The van der Waals surface area contributed by atoms with Crippen LogP contribution in [0.25, 0.3) is 5.69 Å². The molecule has 0 unspecified atom stereocenters. The summed E-state index contributed by atoms with van der Waals surface area (Å²) in [5.74, 6) is 0.599. The Balaban J connectivity index is 2.02. The van der Waals surface area contributed by atoms with Crippen molar-refractivity contribution in [3.05, 3.63) is 46.5 Å². The lowest BCUT2D eigenvalue weighted by Gasteiger charge is -2.27. The summed E-state index contributed by atoms with van der Waals surface area (Å²) in [5.41, 5.74) is 3.73. The van der Waals surface area contributed by atoms with Crippen LogP contribution in [-0.2, 0) is 0 Å². The molecule has 0 atom stereocenters. The van der Waals surface area contributed by atoms with Crippen molar-refractivity contribution in [3.8, 4) is 5.69 Å². The molecule has 0 saturated carbocycles. The molecule has 2 aromatic rings. The van der Waals surface area contributed by atoms with Crippen LogP contribution in [0.5, 0.6) is 0 Å². The molecule has 2 heterocycles. The first-order valence-electron chi connectivity index (χ1n) is 5.75. The number of nitrogens with zero attached hydrogens (tertiary/aromatic N) is 2. The fourth-order valence-corrected chi connectivity index (χ4v) is 2.35. The quantitative estimate of drug-likeness (QED) is 0.922. The predicted octanol–water partition coefficient (Wildman–Crippen LogP) is 2.63. The van der Waals surface area contributed by atoms with Crippen molar-refractivity contribution in [1.29, 1.82) is 0 Å². The maximum absolute atomic E-state index is 4.28. The zero-order chi connectivity index (χ0) is 11.8. The molecule has 1 aliphatic rings. The third kappa shape index (κ3) is 1.91. The van der Waals surface area contributed by atoms with Gasteiger partial charge in [-0.3, -0.25) is 0 Å². The van der Waals surface area contributed by atoms with Crippen molar-refractivity contribution in [2.75, 3.05) is 13.1 Å². The summed E-state index contributed by atoms with van der Waals surface area (Å²) in [6, 6.07) is 6.39. The molecule has 88 valence electrons. The highest BCUT2D eigenvalue weighted by atomic mass is 79.9. The third-order valence-electron chi connectivity index (χ3n) is 3.29. The average Bonchev–Trinajstić information content (AvgIpc) is 2.68. The Labute approximate surface area is 109 Å². The van der Waals surface area contributed by atoms with E-state index in [0.29, 0.717) is 5.92 Å². The molecule has 3 nitrogen and oxygen atoms in total. The Kier molecular flexibility index (Phi) is 2.76. The van der Waals surface area contributed by atoms with Gasteiger partial charge in [0, 0.05) is 41.1 Å². The lowest BCUT2D eigenvalue weighted by molar-refractivity contribution is 0.435. The van der Waals surface area contributed by atoms with Crippen molar-refractivity contribution in [3.63, 3.8) is 0 Å². The van der Waals surface area contributed by atoms with Crippen molar-refractivity contribution in [1.82, 2.24) is 14.9 Å². The van der Waals surface area contributed by atoms with Gasteiger partial charge in [-0.25, -0.2) is 4.98 Å². The number of hydrogen-bond acceptors (Lipinski definition) is 2. The van der Waals surface area contributed by atoms with Crippen LogP contribution in [0.2, 0.25) is 0 Å². The van der Waals surface area contributed by atoms with E-state index < -0.39 is 0 Å². The Morgan fingerprint density at radius 2 is 2.24 bits per heavy atom. The van der Waals surface area contributed by atoms with Gasteiger partial charge < -0.3 is 9.88 Å². The molecule has 0 bridgehead atoms. The van der Waals surface area contributed by atoms with E-state index in [0.717, 1.165) is 17.6 Å². The highest BCUT2D eigenvalue weighted by Gasteiger charge is 2.22. The molecule has 1 aromatic carbocycles. The van der Waals surface area contributed by atoms with Crippen LogP contribution >= 0.6 is 15.9 Å². The average molecular weight is 292 g/mol. The second kappa shape index (κ2) is 4.27. The van der Waals surface area contributed by atoms with E-state index in [1.807, 2.05) is 12.5 Å². The number of imidazole rings is 1. The van der Waals surface area contributed by atoms with Crippen LogP contribution < -0.4 is 5.32 Å². The van der Waals surface area contributed by atoms with Crippen molar-refractivity contribution >= 4 is 15.9 Å². The monoisotopic (exact) mass is 291 g/mol. The number of nitrogens with one attached hydrogen (secondary N) is 1. The fraction of sp³-hybridized carbons (Fsp3) is 0.308. The zero-order valence-corrected chi connectivity index (χ0v) is 11.2. The summed E-state index contributed by atoms with van der Waals surface area (Å²) in [7, 11) is 0. The first-order chi connectivity index (χ1) is 8.25. The normalized spacial score (nSPS) is 15.9. The fourth-order valence-electron chi connectivity index (χ4n) is 2.10. The lowest BCUT2D eigenvalue weighted by Crippen LogP contribution is -2.40. The molecule has 0 spiro atoms. The number of aromatic nitrogens is 2. The standard InChI is InChI=1S/C13H14BrN3/c1-9-4-11(2-3-12(9)14)17-8-16-7-13(17)10-5-15-6-10/h2-4,7-8,10,15H,5-6H2,1H3. The van der Waals surface area contributed by atoms with Gasteiger partial charge in [-0.1, -0.05) is 15.9 Å². The highest BCUT2D eigenvalue weighted by molar-refractivity contribution is 9.10. The molecule has 0 radical (unpaired) electrons. The van der Waals surface area contributed by atoms with Gasteiger partial charge in [0.05, 0.1) is 6.33 Å². The minimum absolute atomic E-state index is 0.599. The van der Waals surface area contributed by atoms with E-state index in [-0.39, 0.29) is 0 Å². The van der Waals surface area contributed by atoms with Gasteiger partial charge in [0.15, 0.2) is 0 Å². The molecule has 0 amide bonds. The van der Waals surface area contributed by atoms with Crippen molar-refractivity contribution < 1.29 is 0 Å². The van der Waals surface area contributed by atoms with E-state index in [1.54, 1.807) is 0 Å². The SMILES string of the molecule is Cc1cc(-n2cncc2C2CNC2)ccc1Br. The number of hydrogen-bond donors (Lipinski definition) is 1. The molecule has 4 heteroatoms. The van der Waals surface area contributed by atoms with Crippen LogP contribution in [0.3, 0.4) is 0 Å². The molecule has 1 aliphatic heterocycles. The highest BCUT2D eigenvalue weighted by Crippen LogP contribution is 2.25. The van der Waals surface area contributed by atoms with Crippen LogP contribution in [0.15, 0.2) is 35.2 Å². The molecule has 1 aromatic heterocycles. The summed E-state index contributed by atoms with van der Waals surface area (Å²) in [4.78, 5) is 4.28. The second-order valence-corrected chi connectivity index (χ2v) is 5.33. The molecule has 3 rings (SSSR count). The van der Waals surface area contributed by atoms with Crippen LogP contribution in [0.1, 0.15) is 17.2 Å². The van der Waals surface area contributed by atoms with Gasteiger partial charge in [0.25, 0.3) is 0 Å². The summed E-state index contributed by atoms with van der Waals surface area (Å²) in [6.07, 6.45) is 3.87. The maximum atomic E-state index is 4.28. The molecular weight excluding hydrogens is 278 g/mol. The predicted molar refractivity (Wildman–Crippen MR) is 71.6 cm³/mol. The number of aryl methyl sites for hydroxylation is 1. The number of rotatable bonds is 2. The first-order valence-corrected chi connectivity index (χ1v) is 6.54. The summed E-state index contributed by atoms with van der Waals surface area (Å²) in [6.45, 7) is 4.22. The summed E-state index contributed by atoms with van der Waals surface area (Å²) in [5, 5.41) is 3.30. The number of benzene rings is 1. The van der Waals surface area contributed by atoms with Gasteiger partial charge in [-0.15, -0.1) is 0 Å². The minimum Gasteiger partial charge on any atom is -0.315 e. The third-order valence-corrected chi connectivity index (χ3v) is 4.18. The smallest absolute Gasteiger partial charge is 0.0994 e. The molecule has 1 saturated heterocycles. The zero-order valence-electron chi connectivity index (χ0n) is 9.65. The van der Waals surface area contributed by atoms with E-state index in [9.17, 15) is 0 Å². The Bertz CT molecular complexity index is 543. The summed E-state index contributed by atoms with van der Waals surface area (Å²) >= 11 is 3.53. The first kappa shape index (κ1) is 11.0. The van der Waals surface area contributed by atoms with Gasteiger partial charge >= 0.3 is 0 Å². The van der Waals surface area contributed by atoms with Crippen LogP contribution in [-0.4, -0.2) is 22.6 Å². The van der Waals surface area contributed by atoms with Gasteiger partial charge in [-0.2, -0.15) is 0 Å². The van der Waals surface area contributed by atoms with Gasteiger partial charge in [0.2, 0.25) is 0 Å². The molecule has 1 fully saturated rings. The topological polar surface area (TPSA) is 29.9 Å². The molecular formula is C13H14BrN3. The molecule has 0 aliphatic carbocycles. The van der Waals surface area contributed by atoms with Crippen molar-refractivity contribution in [2.24, 2.45) is 0 Å². The number of halogens is 1. The maximum Gasteiger partial charge on any atom is 0.0994 e. The minimum atomic E-state index is 0.599. The van der Waals surface area contributed by atoms with Crippen LogP contribution in [0.4, 0.5) is 0 Å². The van der Waals surface area contributed by atoms with Gasteiger partial charge in [0.1, 0.15) is 0 Å². The second-order valence-electron chi connectivity index (χ2n) is 4.48. The van der Waals surface area contributed by atoms with Crippen LogP contribution in [0, 0.1) is 6.92 Å². The Morgan fingerprint density at radius 1 is 1.41 bits per heavy atom. The molecule has 1 N–H and O–H groups in total.